The highest BCUT2D eigenvalue weighted by Crippen LogP contribution is 2.39. The SMILES string of the molecule is C#CCC(CC#C)COC(=O)c1ccc(OC(=O)OC(CCc2ccccc2)CC[C@@H]2[C@@H](CC=CCCCC(=O)OC(C)C)[C@@H](O)C[C@H]2O)cc1. The summed E-state index contributed by atoms with van der Waals surface area (Å²) in [7, 11) is 0. The van der Waals surface area contributed by atoms with E-state index in [2.05, 4.69) is 11.8 Å². The van der Waals surface area contributed by atoms with Crippen LogP contribution in [-0.4, -0.2) is 59.3 Å². The first-order valence-electron chi connectivity index (χ1n) is 17.9. The lowest BCUT2D eigenvalue weighted by molar-refractivity contribution is -0.147. The largest absolute Gasteiger partial charge is 0.514 e. The van der Waals surface area contributed by atoms with Gasteiger partial charge in [0.05, 0.1) is 30.5 Å². The van der Waals surface area contributed by atoms with Gasteiger partial charge >= 0.3 is 18.1 Å². The number of unbranched alkanes of at least 4 members (excludes halogenated alkanes) is 1. The summed E-state index contributed by atoms with van der Waals surface area (Å²) in [4.78, 5) is 37.2. The van der Waals surface area contributed by atoms with Crippen LogP contribution >= 0.6 is 0 Å². The molecule has 0 radical (unpaired) electrons. The predicted octanol–water partition coefficient (Wildman–Crippen LogP) is 7.23. The maximum absolute atomic E-state index is 13.0. The van der Waals surface area contributed by atoms with E-state index in [4.69, 9.17) is 31.8 Å². The summed E-state index contributed by atoms with van der Waals surface area (Å²) < 4.78 is 21.8. The van der Waals surface area contributed by atoms with E-state index in [0.717, 1.165) is 5.56 Å². The Morgan fingerprint density at radius 3 is 2.25 bits per heavy atom. The molecule has 1 unspecified atom stereocenters. The van der Waals surface area contributed by atoms with Crippen molar-refractivity contribution >= 4 is 18.1 Å². The van der Waals surface area contributed by atoms with Crippen LogP contribution in [0.3, 0.4) is 0 Å². The van der Waals surface area contributed by atoms with E-state index in [9.17, 15) is 24.6 Å². The molecule has 274 valence electrons. The molecule has 2 N–H and O–H groups in total. The number of terminal acetylenes is 2. The van der Waals surface area contributed by atoms with Crippen molar-refractivity contribution in [2.45, 2.75) is 109 Å². The fourth-order valence-corrected chi connectivity index (χ4v) is 6.29. The Morgan fingerprint density at radius 1 is 0.902 bits per heavy atom. The summed E-state index contributed by atoms with van der Waals surface area (Å²) in [5, 5.41) is 21.6. The Hall–Kier alpha value is -4.57. The Kier molecular flexibility index (Phi) is 17.9. The molecule has 9 heteroatoms. The van der Waals surface area contributed by atoms with E-state index >= 15 is 0 Å². The van der Waals surface area contributed by atoms with Crippen molar-refractivity contribution < 1.29 is 43.5 Å². The highest BCUT2D eigenvalue weighted by atomic mass is 16.7. The number of rotatable bonds is 20. The number of aryl methyl sites for hydroxylation is 1. The monoisotopic (exact) mass is 700 g/mol. The van der Waals surface area contributed by atoms with Gasteiger partial charge in [-0.3, -0.25) is 4.79 Å². The van der Waals surface area contributed by atoms with Crippen LogP contribution in [0, 0.1) is 42.4 Å². The molecule has 9 nitrogen and oxygen atoms in total. The van der Waals surface area contributed by atoms with Crippen molar-refractivity contribution in [2.24, 2.45) is 17.8 Å². The van der Waals surface area contributed by atoms with Crippen LogP contribution in [0.1, 0.15) is 94.0 Å². The van der Waals surface area contributed by atoms with Crippen LogP contribution < -0.4 is 4.74 Å². The van der Waals surface area contributed by atoms with E-state index in [0.29, 0.717) is 70.6 Å². The minimum atomic E-state index is -0.876. The summed E-state index contributed by atoms with van der Waals surface area (Å²) in [6.45, 7) is 3.75. The first-order chi connectivity index (χ1) is 24.6. The summed E-state index contributed by atoms with van der Waals surface area (Å²) >= 11 is 0. The van der Waals surface area contributed by atoms with E-state index < -0.39 is 30.4 Å². The number of benzene rings is 2. The number of hydrogen-bond acceptors (Lipinski definition) is 9. The standard InChI is InChI=1S/C42H52O9/c1-5-14-32(15-6-2)29-48-41(46)33-21-24-35(25-22-33)51-42(47)50-34(23-20-31-16-10-9-11-17-31)26-27-37-36(38(43)28-39(37)44)18-12-7-8-13-19-40(45)49-30(3)4/h1-2,7,9-12,16-17,21-22,24-25,30,32,34,36-39,43-44H,8,13-15,18-20,23,26-29H2,3-4H3/t34?,36-,37-,38+,39-/m1/s1. The maximum Gasteiger partial charge on any atom is 0.514 e. The lowest BCUT2D eigenvalue weighted by atomic mass is 9.85. The number of aliphatic hydroxyl groups excluding tert-OH is 2. The van der Waals surface area contributed by atoms with Crippen molar-refractivity contribution in [3.05, 3.63) is 77.9 Å². The molecular weight excluding hydrogens is 648 g/mol. The minimum Gasteiger partial charge on any atom is -0.463 e. The summed E-state index contributed by atoms with van der Waals surface area (Å²) in [6.07, 6.45) is 17.6. The average Bonchev–Trinajstić information content (AvgIpc) is 3.37. The molecule has 0 bridgehead atoms. The zero-order chi connectivity index (χ0) is 37.0. The average molecular weight is 701 g/mol. The van der Waals surface area contributed by atoms with E-state index in [1.54, 1.807) is 0 Å². The number of ether oxygens (including phenoxy) is 4. The fraction of sp³-hybridized carbons (Fsp3) is 0.500. The quantitative estimate of drug-likeness (QED) is 0.0367. The van der Waals surface area contributed by atoms with Crippen molar-refractivity contribution in [2.75, 3.05) is 6.61 Å². The van der Waals surface area contributed by atoms with Gasteiger partial charge < -0.3 is 29.2 Å². The van der Waals surface area contributed by atoms with Gasteiger partial charge in [0.15, 0.2) is 0 Å². The normalized spacial score (nSPS) is 19.0. The Labute approximate surface area is 302 Å². The first-order valence-corrected chi connectivity index (χ1v) is 17.9. The molecule has 0 spiro atoms. The molecule has 51 heavy (non-hydrogen) atoms. The summed E-state index contributed by atoms with van der Waals surface area (Å²) in [5.74, 6) is 4.08. The molecule has 1 aliphatic rings. The number of aliphatic hydroxyl groups is 2. The molecule has 0 saturated heterocycles. The van der Waals surface area contributed by atoms with Gasteiger partial charge in [0, 0.05) is 25.2 Å². The van der Waals surface area contributed by atoms with E-state index in [1.807, 2.05) is 56.3 Å². The van der Waals surface area contributed by atoms with Crippen LogP contribution in [0.25, 0.3) is 0 Å². The second-order valence-corrected chi connectivity index (χ2v) is 13.3. The van der Waals surface area contributed by atoms with Gasteiger partial charge in [0.25, 0.3) is 0 Å². The molecule has 1 aliphatic carbocycles. The number of allylic oxidation sites excluding steroid dienone is 2. The molecule has 2 aromatic rings. The Balaban J connectivity index is 1.56. The number of hydrogen-bond donors (Lipinski definition) is 2. The van der Waals surface area contributed by atoms with Crippen LogP contribution in [0.15, 0.2) is 66.7 Å². The van der Waals surface area contributed by atoms with Crippen LogP contribution in [0.5, 0.6) is 5.75 Å². The third-order valence-corrected chi connectivity index (χ3v) is 8.95. The van der Waals surface area contributed by atoms with Gasteiger partial charge in [-0.05, 0) is 107 Å². The third kappa shape index (κ3) is 15.1. The van der Waals surface area contributed by atoms with Gasteiger partial charge in [0.2, 0.25) is 0 Å². The van der Waals surface area contributed by atoms with E-state index in [1.165, 1.54) is 24.3 Å². The highest BCUT2D eigenvalue weighted by Gasteiger charge is 2.41. The van der Waals surface area contributed by atoms with Crippen molar-refractivity contribution in [3.63, 3.8) is 0 Å². The number of carbonyl (C=O) groups excluding carboxylic acids is 3. The molecule has 0 aromatic heterocycles. The zero-order valence-corrected chi connectivity index (χ0v) is 29.8. The van der Waals surface area contributed by atoms with Crippen molar-refractivity contribution in [3.8, 4) is 30.4 Å². The molecule has 1 fully saturated rings. The predicted molar refractivity (Wildman–Crippen MR) is 194 cm³/mol. The van der Waals surface area contributed by atoms with Crippen LogP contribution in [0.4, 0.5) is 4.79 Å². The lowest BCUT2D eigenvalue weighted by Gasteiger charge is -2.25. The Bertz CT molecular complexity index is 1450. The van der Waals surface area contributed by atoms with Gasteiger partial charge in [-0.1, -0.05) is 42.5 Å². The van der Waals surface area contributed by atoms with Gasteiger partial charge in [-0.2, -0.15) is 0 Å². The van der Waals surface area contributed by atoms with Gasteiger partial charge in [-0.15, -0.1) is 24.7 Å². The second kappa shape index (κ2) is 22.3. The third-order valence-electron chi connectivity index (χ3n) is 8.95. The number of esters is 2. The molecule has 0 amide bonds. The molecular formula is C42H52O9. The molecule has 2 aromatic carbocycles. The summed E-state index contributed by atoms with van der Waals surface area (Å²) in [5.41, 5.74) is 1.38. The smallest absolute Gasteiger partial charge is 0.463 e. The van der Waals surface area contributed by atoms with Crippen molar-refractivity contribution in [1.29, 1.82) is 0 Å². The molecule has 1 saturated carbocycles. The first kappa shape index (κ1) is 40.9. The zero-order valence-electron chi connectivity index (χ0n) is 29.8. The fourth-order valence-electron chi connectivity index (χ4n) is 6.29. The van der Waals surface area contributed by atoms with Crippen LogP contribution in [0.2, 0.25) is 0 Å². The molecule has 0 heterocycles. The second-order valence-electron chi connectivity index (χ2n) is 13.3. The van der Waals surface area contributed by atoms with Gasteiger partial charge in [0.1, 0.15) is 11.9 Å². The molecule has 3 rings (SSSR count). The van der Waals surface area contributed by atoms with Crippen molar-refractivity contribution in [1.82, 2.24) is 0 Å². The molecule has 0 aliphatic heterocycles. The topological polar surface area (TPSA) is 129 Å². The number of carbonyl (C=O) groups is 3. The summed E-state index contributed by atoms with van der Waals surface area (Å²) in [6, 6.07) is 15.9. The minimum absolute atomic E-state index is 0.106. The van der Waals surface area contributed by atoms with Gasteiger partial charge in [-0.25, -0.2) is 9.59 Å². The highest BCUT2D eigenvalue weighted by molar-refractivity contribution is 5.89. The molecule has 5 atom stereocenters. The van der Waals surface area contributed by atoms with Crippen LogP contribution in [-0.2, 0) is 25.4 Å². The maximum atomic E-state index is 13.0. The Morgan fingerprint density at radius 2 is 1.59 bits per heavy atom. The van der Waals surface area contributed by atoms with E-state index in [-0.39, 0.29) is 47.7 Å². The lowest BCUT2D eigenvalue weighted by Crippen LogP contribution is -2.26.